The van der Waals surface area contributed by atoms with Crippen LogP contribution in [0.5, 0.6) is 0 Å². The molecule has 0 aromatic rings. The first-order valence-corrected chi connectivity index (χ1v) is 5.59. The topological polar surface area (TPSA) is 72.6 Å². The molecule has 0 aromatic heterocycles. The first-order chi connectivity index (χ1) is 7.06. The molecule has 1 fully saturated rings. The Hall–Kier alpha value is -0.770. The van der Waals surface area contributed by atoms with Gasteiger partial charge in [-0.1, -0.05) is 33.1 Å². The average molecular weight is 217 g/mol. The molecule has 2 unspecified atom stereocenters. The molecule has 0 aliphatic heterocycles. The summed E-state index contributed by atoms with van der Waals surface area (Å²) in [6.45, 7) is 4.55. The summed E-state index contributed by atoms with van der Waals surface area (Å²) >= 11 is 0. The lowest BCUT2D eigenvalue weighted by atomic mass is 9.84. The summed E-state index contributed by atoms with van der Waals surface area (Å²) in [6, 6.07) is 0. The Morgan fingerprint density at radius 3 is 2.13 bits per heavy atom. The van der Waals surface area contributed by atoms with Crippen molar-refractivity contribution in [2.75, 3.05) is 13.2 Å². The number of carbonyl (C=O) groups is 1. The van der Waals surface area contributed by atoms with Crippen LogP contribution in [0.1, 0.15) is 39.5 Å². The zero-order chi connectivity index (χ0) is 11.7. The van der Waals surface area contributed by atoms with Crippen molar-refractivity contribution in [3.8, 4) is 0 Å². The van der Waals surface area contributed by atoms with Gasteiger partial charge in [-0.15, -0.1) is 0 Å². The minimum atomic E-state index is -0.853. The van der Waals surface area contributed by atoms with Crippen LogP contribution < -0.4 is 5.73 Å². The fourth-order valence-electron chi connectivity index (χ4n) is 1.88. The third-order valence-electron chi connectivity index (χ3n) is 2.53. The van der Waals surface area contributed by atoms with Crippen LogP contribution in [0.25, 0.3) is 0 Å². The van der Waals surface area contributed by atoms with Gasteiger partial charge in [-0.05, 0) is 18.3 Å². The molecule has 3 N–H and O–H groups in total. The summed E-state index contributed by atoms with van der Waals surface area (Å²) in [4.78, 5) is 9.65. The molecule has 1 aliphatic carbocycles. The molecule has 0 aromatic carbocycles. The second kappa shape index (κ2) is 8.53. The van der Waals surface area contributed by atoms with Crippen molar-refractivity contribution in [3.05, 3.63) is 0 Å². The Labute approximate surface area is 91.8 Å². The highest BCUT2D eigenvalue weighted by molar-refractivity contribution is 5.64. The summed E-state index contributed by atoms with van der Waals surface area (Å²) in [5.74, 6) is 2.03. The van der Waals surface area contributed by atoms with E-state index >= 15 is 0 Å². The maximum atomic E-state index is 9.65. The summed E-state index contributed by atoms with van der Waals surface area (Å²) in [5.41, 5.74) is 4.51. The molecule has 1 rings (SSSR count). The number of aliphatic hydroxyl groups excluding tert-OH is 1. The van der Waals surface area contributed by atoms with Crippen molar-refractivity contribution < 1.29 is 14.6 Å². The number of nitrogens with two attached hydrogens (primary N) is 1. The Morgan fingerprint density at radius 1 is 1.40 bits per heavy atom. The van der Waals surface area contributed by atoms with Gasteiger partial charge in [0.05, 0.1) is 6.61 Å². The molecule has 4 heteroatoms. The van der Waals surface area contributed by atoms with Crippen LogP contribution in [-0.2, 0) is 4.74 Å². The molecule has 0 bridgehead atoms. The van der Waals surface area contributed by atoms with Crippen molar-refractivity contribution in [1.82, 2.24) is 0 Å². The van der Waals surface area contributed by atoms with E-state index in [-0.39, 0.29) is 13.2 Å². The van der Waals surface area contributed by atoms with Crippen molar-refractivity contribution in [2.24, 2.45) is 17.6 Å². The van der Waals surface area contributed by atoms with Gasteiger partial charge in [-0.3, -0.25) is 0 Å². The largest absolute Gasteiger partial charge is 0.447 e. The molecule has 15 heavy (non-hydrogen) atoms. The predicted octanol–water partition coefficient (Wildman–Crippen LogP) is 1.91. The van der Waals surface area contributed by atoms with Gasteiger partial charge in [0, 0.05) is 0 Å². The van der Waals surface area contributed by atoms with E-state index in [1.54, 1.807) is 0 Å². The fourth-order valence-corrected chi connectivity index (χ4v) is 1.88. The van der Waals surface area contributed by atoms with E-state index in [0.717, 1.165) is 11.8 Å². The van der Waals surface area contributed by atoms with Gasteiger partial charge in [0.15, 0.2) is 0 Å². The van der Waals surface area contributed by atoms with Crippen LogP contribution in [-0.4, -0.2) is 24.4 Å². The van der Waals surface area contributed by atoms with Gasteiger partial charge in [0.2, 0.25) is 0 Å². The Morgan fingerprint density at radius 2 is 1.93 bits per heavy atom. The van der Waals surface area contributed by atoms with Gasteiger partial charge in [0.25, 0.3) is 0 Å². The average Bonchev–Trinajstić information content (AvgIpc) is 2.15. The zero-order valence-electron chi connectivity index (χ0n) is 9.74. The number of ether oxygens (including phenoxy) is 1. The van der Waals surface area contributed by atoms with Crippen molar-refractivity contribution in [1.29, 1.82) is 0 Å². The first kappa shape index (κ1) is 14.2. The molecule has 1 aliphatic rings. The maximum Gasteiger partial charge on any atom is 0.404 e. The molecule has 90 valence electrons. The standard InChI is InChI=1S/C8H16.C3H7NO3/c1-7-4-3-5-8(2)6-7;4-3(6)7-2-1-5/h7-8H,3-6H2,1-2H3;5H,1-2H2,(H2,4,6). The van der Waals surface area contributed by atoms with Crippen LogP contribution >= 0.6 is 0 Å². The van der Waals surface area contributed by atoms with E-state index in [9.17, 15) is 4.79 Å². The minimum Gasteiger partial charge on any atom is -0.447 e. The molecule has 0 saturated heterocycles. The molecule has 0 spiro atoms. The Balaban J connectivity index is 0.000000265. The van der Waals surface area contributed by atoms with E-state index < -0.39 is 6.09 Å². The number of hydrogen-bond acceptors (Lipinski definition) is 3. The molecular formula is C11H23NO3. The van der Waals surface area contributed by atoms with Crippen LogP contribution in [0.2, 0.25) is 0 Å². The summed E-state index contributed by atoms with van der Waals surface area (Å²) in [6.07, 6.45) is 5.05. The Bertz CT molecular complexity index is 165. The lowest BCUT2D eigenvalue weighted by molar-refractivity contribution is 0.127. The highest BCUT2D eigenvalue weighted by atomic mass is 16.6. The molecule has 1 saturated carbocycles. The number of hydrogen-bond donors (Lipinski definition) is 2. The number of amides is 1. The van der Waals surface area contributed by atoms with E-state index in [4.69, 9.17) is 5.11 Å². The summed E-state index contributed by atoms with van der Waals surface area (Å²) < 4.78 is 4.08. The van der Waals surface area contributed by atoms with E-state index in [2.05, 4.69) is 24.3 Å². The van der Waals surface area contributed by atoms with Gasteiger partial charge < -0.3 is 15.6 Å². The fraction of sp³-hybridized carbons (Fsp3) is 0.909. The first-order valence-electron chi connectivity index (χ1n) is 5.59. The highest BCUT2D eigenvalue weighted by Gasteiger charge is 2.13. The lowest BCUT2D eigenvalue weighted by Gasteiger charge is -2.22. The highest BCUT2D eigenvalue weighted by Crippen LogP contribution is 2.27. The van der Waals surface area contributed by atoms with Crippen molar-refractivity contribution in [2.45, 2.75) is 39.5 Å². The number of carbonyl (C=O) groups excluding carboxylic acids is 1. The number of aliphatic hydroxyl groups is 1. The Kier molecular flexibility index (Phi) is 8.09. The third-order valence-corrected chi connectivity index (χ3v) is 2.53. The quantitative estimate of drug-likeness (QED) is 0.742. The van der Waals surface area contributed by atoms with Crippen LogP contribution in [0.15, 0.2) is 0 Å². The van der Waals surface area contributed by atoms with Crippen LogP contribution in [0, 0.1) is 11.8 Å². The zero-order valence-corrected chi connectivity index (χ0v) is 9.74. The van der Waals surface area contributed by atoms with Crippen molar-refractivity contribution in [3.63, 3.8) is 0 Å². The monoisotopic (exact) mass is 217 g/mol. The van der Waals surface area contributed by atoms with Gasteiger partial charge in [0.1, 0.15) is 6.61 Å². The SMILES string of the molecule is CC1CCCC(C)C1.NC(=O)OCCO. The van der Waals surface area contributed by atoms with Crippen LogP contribution in [0.4, 0.5) is 4.79 Å². The van der Waals surface area contributed by atoms with Gasteiger partial charge >= 0.3 is 6.09 Å². The second-order valence-electron chi connectivity index (χ2n) is 4.27. The molecule has 0 radical (unpaired) electrons. The minimum absolute atomic E-state index is 0.0185. The number of primary amides is 1. The molecule has 2 atom stereocenters. The molecular weight excluding hydrogens is 194 g/mol. The summed E-state index contributed by atoms with van der Waals surface area (Å²) in [7, 11) is 0. The molecule has 1 amide bonds. The van der Waals surface area contributed by atoms with Gasteiger partial charge in [-0.25, -0.2) is 4.79 Å². The van der Waals surface area contributed by atoms with Crippen molar-refractivity contribution >= 4 is 6.09 Å². The van der Waals surface area contributed by atoms with E-state index in [1.165, 1.54) is 25.7 Å². The van der Waals surface area contributed by atoms with Gasteiger partial charge in [-0.2, -0.15) is 0 Å². The third kappa shape index (κ3) is 9.53. The van der Waals surface area contributed by atoms with E-state index in [1.807, 2.05) is 0 Å². The predicted molar refractivity (Wildman–Crippen MR) is 59.4 cm³/mol. The molecule has 0 heterocycles. The molecule has 4 nitrogen and oxygen atoms in total. The second-order valence-corrected chi connectivity index (χ2v) is 4.27. The van der Waals surface area contributed by atoms with Crippen LogP contribution in [0.3, 0.4) is 0 Å². The maximum absolute atomic E-state index is 9.65. The lowest BCUT2D eigenvalue weighted by Crippen LogP contribution is -2.15. The van der Waals surface area contributed by atoms with E-state index in [0.29, 0.717) is 0 Å². The summed E-state index contributed by atoms with van der Waals surface area (Å²) in [5, 5.41) is 7.98. The smallest absolute Gasteiger partial charge is 0.404 e. The normalized spacial score (nSPS) is 25.0. The number of rotatable bonds is 2.